The molecule has 0 aliphatic carbocycles. The SMILES string of the molecule is CCCCCCCCCCOc1ccc([B-](F)(F)F)c(F)c1. The number of benzene rings is 1. The van der Waals surface area contributed by atoms with Gasteiger partial charge in [0.25, 0.3) is 0 Å². The highest BCUT2D eigenvalue weighted by Gasteiger charge is 2.28. The molecule has 0 bridgehead atoms. The second-order valence-corrected chi connectivity index (χ2v) is 5.58. The van der Waals surface area contributed by atoms with E-state index in [1.165, 1.54) is 38.2 Å². The summed E-state index contributed by atoms with van der Waals surface area (Å²) in [6, 6.07) is 2.74. The average molecular weight is 319 g/mol. The van der Waals surface area contributed by atoms with Crippen LogP contribution < -0.4 is 10.2 Å². The maximum Gasteiger partial charge on any atom is 0.512 e. The second-order valence-electron chi connectivity index (χ2n) is 5.58. The Labute approximate surface area is 130 Å². The first-order valence-electron chi connectivity index (χ1n) is 8.07. The first-order valence-corrected chi connectivity index (χ1v) is 8.07. The summed E-state index contributed by atoms with van der Waals surface area (Å²) in [6.07, 6.45) is 9.25. The summed E-state index contributed by atoms with van der Waals surface area (Å²) in [6.45, 7) is -2.72. The summed E-state index contributed by atoms with van der Waals surface area (Å²) in [5, 5.41) is 0. The van der Waals surface area contributed by atoms with E-state index in [0.29, 0.717) is 6.61 Å². The van der Waals surface area contributed by atoms with Gasteiger partial charge in [-0.15, -0.1) is 0 Å². The molecule has 0 heterocycles. The molecular weight excluding hydrogens is 295 g/mol. The van der Waals surface area contributed by atoms with Crippen molar-refractivity contribution in [1.29, 1.82) is 0 Å². The number of halogens is 4. The lowest BCUT2D eigenvalue weighted by Gasteiger charge is -2.16. The first kappa shape index (κ1) is 18.9. The van der Waals surface area contributed by atoms with Crippen LogP contribution >= 0.6 is 0 Å². The van der Waals surface area contributed by atoms with Crippen LogP contribution in [0, 0.1) is 5.82 Å². The molecule has 0 unspecified atom stereocenters. The third-order valence-corrected chi connectivity index (χ3v) is 3.59. The molecule has 1 aromatic carbocycles. The second kappa shape index (κ2) is 9.75. The molecule has 0 aromatic heterocycles. The largest absolute Gasteiger partial charge is 0.512 e. The van der Waals surface area contributed by atoms with Crippen molar-refractivity contribution in [2.45, 2.75) is 58.3 Å². The van der Waals surface area contributed by atoms with Crippen molar-refractivity contribution in [1.82, 2.24) is 0 Å². The highest BCUT2D eigenvalue weighted by Crippen LogP contribution is 2.17. The van der Waals surface area contributed by atoms with E-state index in [2.05, 4.69) is 6.92 Å². The van der Waals surface area contributed by atoms with Gasteiger partial charge in [-0.25, -0.2) is 4.39 Å². The predicted octanol–water partition coefficient (Wildman–Crippen LogP) is 5.40. The molecule has 22 heavy (non-hydrogen) atoms. The third-order valence-electron chi connectivity index (χ3n) is 3.59. The van der Waals surface area contributed by atoms with Crippen LogP contribution in [0.1, 0.15) is 58.3 Å². The van der Waals surface area contributed by atoms with E-state index < -0.39 is 18.3 Å². The van der Waals surface area contributed by atoms with Gasteiger partial charge in [-0.1, -0.05) is 63.4 Å². The van der Waals surface area contributed by atoms with Crippen LogP contribution in [-0.4, -0.2) is 13.6 Å². The van der Waals surface area contributed by atoms with Crippen LogP contribution in [0.5, 0.6) is 5.75 Å². The Kier molecular flexibility index (Phi) is 8.35. The van der Waals surface area contributed by atoms with Crippen LogP contribution in [0.25, 0.3) is 0 Å². The van der Waals surface area contributed by atoms with Crippen molar-refractivity contribution in [2.24, 2.45) is 0 Å². The van der Waals surface area contributed by atoms with Crippen LogP contribution in [0.15, 0.2) is 18.2 Å². The van der Waals surface area contributed by atoms with E-state index in [-0.39, 0.29) is 5.75 Å². The third kappa shape index (κ3) is 7.18. The van der Waals surface area contributed by atoms with Gasteiger partial charge in [-0.05, 0) is 12.5 Å². The molecule has 0 N–H and O–H groups in total. The molecule has 126 valence electrons. The summed E-state index contributed by atoms with van der Waals surface area (Å²) in [5.41, 5.74) is -1.19. The lowest BCUT2D eigenvalue weighted by molar-refractivity contribution is 0.303. The number of hydrogen-bond donors (Lipinski definition) is 0. The number of rotatable bonds is 11. The molecule has 0 saturated carbocycles. The van der Waals surface area contributed by atoms with Crippen molar-refractivity contribution in [3.8, 4) is 5.75 Å². The Hall–Kier alpha value is -1.20. The summed E-state index contributed by atoms with van der Waals surface area (Å²) in [7, 11) is 0. The lowest BCUT2D eigenvalue weighted by atomic mass is 9.80. The van der Waals surface area contributed by atoms with Crippen molar-refractivity contribution in [3.63, 3.8) is 0 Å². The fourth-order valence-corrected chi connectivity index (χ4v) is 2.29. The Balaban J connectivity index is 2.19. The van der Waals surface area contributed by atoms with Crippen molar-refractivity contribution >= 4 is 12.4 Å². The molecule has 0 aliphatic heterocycles. The smallest absolute Gasteiger partial charge is 0.493 e. The number of hydrogen-bond acceptors (Lipinski definition) is 1. The van der Waals surface area contributed by atoms with E-state index in [0.717, 1.165) is 31.4 Å². The molecule has 0 atom stereocenters. The normalized spacial score (nSPS) is 11.7. The standard InChI is InChI=1S/C16H24BF4O/c1-2-3-4-5-6-7-8-9-12-22-14-10-11-15(16(18)13-14)17(19,20)21/h10-11,13H,2-9,12H2,1H3/q-1. The maximum atomic E-state index is 13.3. The zero-order valence-electron chi connectivity index (χ0n) is 13.1. The molecule has 0 aliphatic rings. The molecule has 0 amide bonds. The van der Waals surface area contributed by atoms with Gasteiger partial charge < -0.3 is 17.7 Å². The highest BCUT2D eigenvalue weighted by atomic mass is 19.4. The number of unbranched alkanes of at least 4 members (excludes halogenated alkanes) is 7. The van der Waals surface area contributed by atoms with Crippen LogP contribution in [0.4, 0.5) is 17.3 Å². The van der Waals surface area contributed by atoms with Gasteiger partial charge in [0, 0.05) is 6.07 Å². The van der Waals surface area contributed by atoms with Crippen LogP contribution in [0.2, 0.25) is 0 Å². The molecular formula is C16H24BF4O-. The van der Waals surface area contributed by atoms with E-state index >= 15 is 0 Å². The van der Waals surface area contributed by atoms with Gasteiger partial charge in [0.05, 0.1) is 12.4 Å². The van der Waals surface area contributed by atoms with Crippen LogP contribution in [-0.2, 0) is 0 Å². The fourth-order valence-electron chi connectivity index (χ4n) is 2.29. The first-order chi connectivity index (χ1) is 10.4. The molecule has 6 heteroatoms. The molecule has 1 nitrogen and oxygen atoms in total. The summed E-state index contributed by atoms with van der Waals surface area (Å²) >= 11 is 0. The van der Waals surface area contributed by atoms with Gasteiger partial charge in [0.15, 0.2) is 0 Å². The van der Waals surface area contributed by atoms with Gasteiger partial charge in [-0.2, -0.15) is 0 Å². The van der Waals surface area contributed by atoms with Crippen molar-refractivity contribution in [2.75, 3.05) is 6.61 Å². The minimum Gasteiger partial charge on any atom is -0.493 e. The highest BCUT2D eigenvalue weighted by molar-refractivity contribution is 6.73. The van der Waals surface area contributed by atoms with Gasteiger partial charge in [0.1, 0.15) is 5.75 Å². The minimum atomic E-state index is -5.31. The molecule has 0 spiro atoms. The topological polar surface area (TPSA) is 9.23 Å². The zero-order valence-corrected chi connectivity index (χ0v) is 13.1. The van der Waals surface area contributed by atoms with Gasteiger partial charge >= 0.3 is 6.98 Å². The average Bonchev–Trinajstić information content (AvgIpc) is 2.44. The van der Waals surface area contributed by atoms with E-state index in [9.17, 15) is 17.3 Å². The van der Waals surface area contributed by atoms with E-state index in [1.54, 1.807) is 0 Å². The van der Waals surface area contributed by atoms with Crippen LogP contribution in [0.3, 0.4) is 0 Å². The maximum absolute atomic E-state index is 13.3. The van der Waals surface area contributed by atoms with Crippen molar-refractivity contribution in [3.05, 3.63) is 24.0 Å². The summed E-state index contributed by atoms with van der Waals surface area (Å²) in [4.78, 5) is 0. The summed E-state index contributed by atoms with van der Waals surface area (Å²) in [5.74, 6) is -1.11. The van der Waals surface area contributed by atoms with Gasteiger partial charge in [0.2, 0.25) is 0 Å². The monoisotopic (exact) mass is 319 g/mol. The summed E-state index contributed by atoms with van der Waals surface area (Å²) < 4.78 is 56.0. The Bertz CT molecular complexity index is 435. The molecule has 0 radical (unpaired) electrons. The lowest BCUT2D eigenvalue weighted by Crippen LogP contribution is -2.36. The van der Waals surface area contributed by atoms with E-state index in [1.807, 2.05) is 0 Å². The Morgan fingerprint density at radius 2 is 1.50 bits per heavy atom. The quantitative estimate of drug-likeness (QED) is 0.301. The minimum absolute atomic E-state index is 0.157. The Morgan fingerprint density at radius 1 is 0.909 bits per heavy atom. The van der Waals surface area contributed by atoms with E-state index in [4.69, 9.17) is 4.74 Å². The molecule has 0 fully saturated rings. The zero-order chi connectivity index (χ0) is 16.4. The van der Waals surface area contributed by atoms with Gasteiger partial charge in [-0.3, -0.25) is 0 Å². The molecule has 0 saturated heterocycles. The fraction of sp³-hybridized carbons (Fsp3) is 0.625. The Morgan fingerprint density at radius 3 is 2.05 bits per heavy atom. The molecule has 1 rings (SSSR count). The number of ether oxygens (including phenoxy) is 1. The molecule has 1 aromatic rings. The van der Waals surface area contributed by atoms with Crippen molar-refractivity contribution < 1.29 is 22.1 Å². The predicted molar refractivity (Wildman–Crippen MR) is 83.2 cm³/mol.